The third kappa shape index (κ3) is 19.7. The molecule has 0 saturated carbocycles. The summed E-state index contributed by atoms with van der Waals surface area (Å²) in [5, 5.41) is 12.8. The minimum absolute atomic E-state index is 0. The highest BCUT2D eigenvalue weighted by Crippen LogP contribution is 2.10. The molecule has 0 aromatic heterocycles. The summed E-state index contributed by atoms with van der Waals surface area (Å²) in [7, 11) is 6.06. The highest BCUT2D eigenvalue weighted by atomic mass is 35.5. The van der Waals surface area contributed by atoms with E-state index in [0.29, 0.717) is 11.0 Å². The van der Waals surface area contributed by atoms with Crippen molar-refractivity contribution >= 4 is 5.91 Å². The first-order valence-corrected chi connectivity index (χ1v) is 9.60. The van der Waals surface area contributed by atoms with Crippen LogP contribution in [0.15, 0.2) is 0 Å². The monoisotopic (exact) mass is 364 g/mol. The first-order valence-electron chi connectivity index (χ1n) is 9.60. The quantitative estimate of drug-likeness (QED) is 0.328. The average Bonchev–Trinajstić information content (AvgIpc) is 2.42. The summed E-state index contributed by atoms with van der Waals surface area (Å²) in [6.45, 7) is 3.60. The molecule has 5 heteroatoms. The molecule has 1 amide bonds. The second-order valence-electron chi connectivity index (χ2n) is 7.86. The van der Waals surface area contributed by atoms with Crippen LogP contribution >= 0.6 is 0 Å². The number of hydrogen-bond donors (Lipinski definition) is 2. The van der Waals surface area contributed by atoms with Crippen LogP contribution in [-0.2, 0) is 4.79 Å². The fourth-order valence-electron chi connectivity index (χ4n) is 2.82. The maximum atomic E-state index is 11.7. The van der Waals surface area contributed by atoms with Gasteiger partial charge in [0.2, 0.25) is 5.91 Å². The van der Waals surface area contributed by atoms with Crippen LogP contribution < -0.4 is 17.7 Å². The van der Waals surface area contributed by atoms with Gasteiger partial charge in [0.25, 0.3) is 0 Å². The van der Waals surface area contributed by atoms with Crippen molar-refractivity contribution in [2.45, 2.75) is 83.7 Å². The van der Waals surface area contributed by atoms with Gasteiger partial charge in [-0.3, -0.25) is 4.79 Å². The number of carbonyl (C=O) groups is 1. The molecule has 1 atom stereocenters. The Kier molecular flexibility index (Phi) is 17.5. The minimum atomic E-state index is -0.553. The fraction of sp³-hybridized carbons (Fsp3) is 0.947. The standard InChI is InChI=1S/C19H40N2O2.ClH/c1-5-6-7-8-9-10-11-12-13-14-15-20-19(23)16-18(22)17-21(2,3)4;/h18,22H,5-17H2,1-4H3;1H. The summed E-state index contributed by atoms with van der Waals surface area (Å²) in [5.74, 6) is -0.0260. The molecule has 4 nitrogen and oxygen atoms in total. The van der Waals surface area contributed by atoms with Gasteiger partial charge in [-0.05, 0) is 6.42 Å². The summed E-state index contributed by atoms with van der Waals surface area (Å²) >= 11 is 0. The number of amides is 1. The third-order valence-electron chi connectivity index (χ3n) is 4.03. The number of quaternary nitrogens is 1. The van der Waals surface area contributed by atoms with Crippen LogP contribution in [0.3, 0.4) is 0 Å². The van der Waals surface area contributed by atoms with Gasteiger partial charge in [0.1, 0.15) is 12.6 Å². The molecule has 0 aliphatic heterocycles. The molecule has 0 bridgehead atoms. The molecule has 0 radical (unpaired) electrons. The average molecular weight is 365 g/mol. The van der Waals surface area contributed by atoms with Crippen LogP contribution in [0, 0.1) is 0 Å². The third-order valence-corrected chi connectivity index (χ3v) is 4.03. The summed E-state index contributed by atoms with van der Waals surface area (Å²) in [4.78, 5) is 11.7. The van der Waals surface area contributed by atoms with Crippen molar-refractivity contribution in [2.75, 3.05) is 34.2 Å². The van der Waals surface area contributed by atoms with Crippen LogP contribution in [0.5, 0.6) is 0 Å². The number of unbranched alkanes of at least 4 members (excludes halogenated alkanes) is 9. The van der Waals surface area contributed by atoms with Gasteiger partial charge in [-0.15, -0.1) is 0 Å². The van der Waals surface area contributed by atoms with E-state index in [2.05, 4.69) is 12.2 Å². The number of hydrogen-bond acceptors (Lipinski definition) is 2. The van der Waals surface area contributed by atoms with Crippen LogP contribution in [0.25, 0.3) is 0 Å². The van der Waals surface area contributed by atoms with Crippen LogP contribution in [0.4, 0.5) is 0 Å². The Morgan fingerprint density at radius 1 is 0.917 bits per heavy atom. The fourth-order valence-corrected chi connectivity index (χ4v) is 2.82. The lowest BCUT2D eigenvalue weighted by molar-refractivity contribution is -0.873. The lowest BCUT2D eigenvalue weighted by atomic mass is 10.1. The van der Waals surface area contributed by atoms with Crippen LogP contribution in [0.2, 0.25) is 0 Å². The Morgan fingerprint density at radius 2 is 1.38 bits per heavy atom. The van der Waals surface area contributed by atoms with Gasteiger partial charge in [0.05, 0.1) is 27.6 Å². The number of likely N-dealkylation sites (N-methyl/N-ethyl adjacent to an activating group) is 1. The van der Waals surface area contributed by atoms with Gasteiger partial charge in [-0.1, -0.05) is 64.7 Å². The summed E-state index contributed by atoms with van der Waals surface area (Å²) in [6, 6.07) is 0. The molecule has 146 valence electrons. The maximum absolute atomic E-state index is 11.7. The SMILES string of the molecule is CCCCCCCCCCCCNC(=O)CC(O)C[N+](C)(C)C.[Cl-]. The Bertz CT molecular complexity index is 294. The van der Waals surface area contributed by atoms with E-state index in [4.69, 9.17) is 0 Å². The van der Waals surface area contributed by atoms with Crippen molar-refractivity contribution in [3.05, 3.63) is 0 Å². The van der Waals surface area contributed by atoms with Gasteiger partial charge < -0.3 is 27.3 Å². The molecule has 0 fully saturated rings. The molecular weight excluding hydrogens is 324 g/mol. The lowest BCUT2D eigenvalue weighted by Gasteiger charge is -2.26. The Morgan fingerprint density at radius 3 is 1.83 bits per heavy atom. The first-order chi connectivity index (χ1) is 10.8. The number of nitrogens with zero attached hydrogens (tertiary/aromatic N) is 1. The van der Waals surface area contributed by atoms with Crippen molar-refractivity contribution in [1.82, 2.24) is 5.32 Å². The van der Waals surface area contributed by atoms with Crippen molar-refractivity contribution in [3.8, 4) is 0 Å². The zero-order valence-electron chi connectivity index (χ0n) is 16.5. The van der Waals surface area contributed by atoms with Gasteiger partial charge in [0, 0.05) is 6.54 Å². The largest absolute Gasteiger partial charge is 1.00 e. The number of rotatable bonds is 15. The van der Waals surface area contributed by atoms with Gasteiger partial charge in [-0.25, -0.2) is 0 Å². The van der Waals surface area contributed by atoms with E-state index in [1.807, 2.05) is 21.1 Å². The highest BCUT2D eigenvalue weighted by molar-refractivity contribution is 5.76. The Labute approximate surface area is 156 Å². The maximum Gasteiger partial charge on any atom is 0.222 e. The first kappa shape index (κ1) is 25.9. The molecule has 0 aliphatic rings. The lowest BCUT2D eigenvalue weighted by Crippen LogP contribution is -3.00. The summed E-state index contributed by atoms with van der Waals surface area (Å²) in [5.41, 5.74) is 0. The van der Waals surface area contributed by atoms with E-state index in [1.54, 1.807) is 0 Å². The number of halogens is 1. The topological polar surface area (TPSA) is 49.3 Å². The second-order valence-corrected chi connectivity index (χ2v) is 7.86. The Balaban J connectivity index is 0. The molecule has 0 rings (SSSR count). The van der Waals surface area contributed by atoms with Crippen molar-refractivity contribution in [1.29, 1.82) is 0 Å². The van der Waals surface area contributed by atoms with Crippen molar-refractivity contribution in [2.24, 2.45) is 0 Å². The molecule has 2 N–H and O–H groups in total. The molecule has 0 spiro atoms. The predicted molar refractivity (Wildman–Crippen MR) is 98.4 cm³/mol. The number of aliphatic hydroxyl groups is 1. The molecule has 24 heavy (non-hydrogen) atoms. The van der Waals surface area contributed by atoms with Crippen LogP contribution in [-0.4, -0.2) is 55.8 Å². The second kappa shape index (κ2) is 16.2. The van der Waals surface area contributed by atoms with E-state index in [0.717, 1.165) is 13.0 Å². The van der Waals surface area contributed by atoms with E-state index < -0.39 is 6.10 Å². The van der Waals surface area contributed by atoms with E-state index in [9.17, 15) is 9.90 Å². The summed E-state index contributed by atoms with van der Waals surface area (Å²) in [6.07, 6.45) is 12.7. The molecule has 0 saturated heterocycles. The van der Waals surface area contributed by atoms with Crippen molar-refractivity contribution < 1.29 is 26.8 Å². The molecule has 0 aromatic rings. The van der Waals surface area contributed by atoms with Crippen molar-refractivity contribution in [3.63, 3.8) is 0 Å². The number of nitrogens with one attached hydrogen (secondary N) is 1. The van der Waals surface area contributed by atoms with E-state index in [1.165, 1.54) is 57.8 Å². The zero-order valence-corrected chi connectivity index (χ0v) is 17.2. The zero-order chi connectivity index (χ0) is 17.6. The molecule has 0 aliphatic carbocycles. The summed E-state index contributed by atoms with van der Waals surface area (Å²) < 4.78 is 0.674. The van der Waals surface area contributed by atoms with Gasteiger partial charge in [0.15, 0.2) is 0 Å². The van der Waals surface area contributed by atoms with E-state index >= 15 is 0 Å². The van der Waals surface area contributed by atoms with Gasteiger partial charge in [-0.2, -0.15) is 0 Å². The molecule has 0 aromatic carbocycles. The molecule has 0 heterocycles. The van der Waals surface area contributed by atoms with E-state index in [-0.39, 0.29) is 24.7 Å². The van der Waals surface area contributed by atoms with Crippen LogP contribution in [0.1, 0.15) is 77.6 Å². The molecular formula is C19H41ClN2O2. The number of aliphatic hydroxyl groups excluding tert-OH is 1. The Hall–Kier alpha value is -0.320. The minimum Gasteiger partial charge on any atom is -1.00 e. The van der Waals surface area contributed by atoms with Gasteiger partial charge >= 0.3 is 0 Å². The predicted octanol–water partition coefficient (Wildman–Crippen LogP) is 0.485. The normalized spacial score (nSPS) is 12.5. The highest BCUT2D eigenvalue weighted by Gasteiger charge is 2.18. The smallest absolute Gasteiger partial charge is 0.222 e. The number of carbonyl (C=O) groups excluding carboxylic acids is 1. The molecule has 1 unspecified atom stereocenters.